The molecule has 3 heteroatoms. The minimum Gasteiger partial charge on any atom is -0.468 e. The van der Waals surface area contributed by atoms with Gasteiger partial charge in [-0.25, -0.2) is 0 Å². The molecule has 112 valence electrons. The summed E-state index contributed by atoms with van der Waals surface area (Å²) in [6.45, 7) is 10.1. The molecule has 1 saturated heterocycles. The Morgan fingerprint density at radius 3 is 2.75 bits per heavy atom. The van der Waals surface area contributed by atoms with E-state index in [1.807, 2.05) is 6.26 Å². The third-order valence-corrected chi connectivity index (χ3v) is 4.87. The summed E-state index contributed by atoms with van der Waals surface area (Å²) in [6, 6.07) is 2.12. The van der Waals surface area contributed by atoms with E-state index in [-0.39, 0.29) is 0 Å². The Morgan fingerprint density at radius 1 is 1.30 bits per heavy atom. The highest BCUT2D eigenvalue weighted by molar-refractivity contribution is 5.17. The molecule has 0 amide bonds. The SMILES string of the molecule is CC(C)CNCc1ccoc1CN1CC2CCCC2C1. The summed E-state index contributed by atoms with van der Waals surface area (Å²) < 4.78 is 5.72. The van der Waals surface area contributed by atoms with E-state index in [0.29, 0.717) is 5.92 Å². The third-order valence-electron chi connectivity index (χ3n) is 4.87. The van der Waals surface area contributed by atoms with Crippen LogP contribution in [0.4, 0.5) is 0 Å². The van der Waals surface area contributed by atoms with E-state index in [1.54, 1.807) is 0 Å². The van der Waals surface area contributed by atoms with Crippen LogP contribution in [0.25, 0.3) is 0 Å². The van der Waals surface area contributed by atoms with Crippen molar-refractivity contribution in [1.82, 2.24) is 10.2 Å². The minimum absolute atomic E-state index is 0.698. The van der Waals surface area contributed by atoms with Crippen molar-refractivity contribution in [3.63, 3.8) is 0 Å². The first-order valence-electron chi connectivity index (χ1n) is 8.20. The van der Waals surface area contributed by atoms with Gasteiger partial charge in [0.2, 0.25) is 0 Å². The standard InChI is InChI=1S/C17H28N2O/c1-13(2)8-18-9-14-6-7-20-17(14)12-19-10-15-4-3-5-16(15)11-19/h6-7,13,15-16,18H,3-5,8-12H2,1-2H3. The number of likely N-dealkylation sites (tertiary alicyclic amines) is 1. The van der Waals surface area contributed by atoms with Crippen molar-refractivity contribution in [2.24, 2.45) is 17.8 Å². The summed E-state index contributed by atoms with van der Waals surface area (Å²) in [5.74, 6) is 3.80. The van der Waals surface area contributed by atoms with E-state index in [9.17, 15) is 0 Å². The predicted octanol–water partition coefficient (Wildman–Crippen LogP) is 3.26. The minimum atomic E-state index is 0.698. The fraction of sp³-hybridized carbons (Fsp3) is 0.765. The fourth-order valence-electron chi connectivity index (χ4n) is 3.82. The predicted molar refractivity (Wildman–Crippen MR) is 81.4 cm³/mol. The smallest absolute Gasteiger partial charge is 0.122 e. The zero-order chi connectivity index (χ0) is 13.9. The van der Waals surface area contributed by atoms with Gasteiger partial charge in [-0.15, -0.1) is 0 Å². The van der Waals surface area contributed by atoms with Crippen molar-refractivity contribution in [2.45, 2.75) is 46.2 Å². The van der Waals surface area contributed by atoms with Crippen molar-refractivity contribution in [3.8, 4) is 0 Å². The van der Waals surface area contributed by atoms with E-state index in [0.717, 1.165) is 31.5 Å². The average Bonchev–Trinajstić information content (AvgIpc) is 3.05. The highest BCUT2D eigenvalue weighted by atomic mass is 16.3. The number of hydrogen-bond acceptors (Lipinski definition) is 3. The quantitative estimate of drug-likeness (QED) is 0.864. The van der Waals surface area contributed by atoms with Gasteiger partial charge in [-0.05, 0) is 43.2 Å². The van der Waals surface area contributed by atoms with Crippen LogP contribution in [0.3, 0.4) is 0 Å². The van der Waals surface area contributed by atoms with Crippen LogP contribution in [0.1, 0.15) is 44.4 Å². The molecule has 1 N–H and O–H groups in total. The molecule has 2 fully saturated rings. The largest absolute Gasteiger partial charge is 0.468 e. The van der Waals surface area contributed by atoms with Crippen LogP contribution in [-0.2, 0) is 13.1 Å². The van der Waals surface area contributed by atoms with Crippen LogP contribution in [0.5, 0.6) is 0 Å². The number of rotatable bonds is 6. The first kappa shape index (κ1) is 14.2. The Balaban J connectivity index is 1.52. The molecule has 1 aliphatic carbocycles. The Morgan fingerprint density at radius 2 is 2.05 bits per heavy atom. The fourth-order valence-corrected chi connectivity index (χ4v) is 3.82. The van der Waals surface area contributed by atoms with E-state index in [1.165, 1.54) is 43.7 Å². The molecule has 0 spiro atoms. The number of fused-ring (bicyclic) bond motifs is 1. The first-order chi connectivity index (χ1) is 9.72. The van der Waals surface area contributed by atoms with Gasteiger partial charge in [0.1, 0.15) is 5.76 Å². The second-order valence-corrected chi connectivity index (χ2v) is 7.04. The van der Waals surface area contributed by atoms with Crippen LogP contribution in [0.2, 0.25) is 0 Å². The zero-order valence-corrected chi connectivity index (χ0v) is 12.9. The summed E-state index contributed by atoms with van der Waals surface area (Å²) in [7, 11) is 0. The molecule has 1 aromatic heterocycles. The van der Waals surface area contributed by atoms with Crippen molar-refractivity contribution in [2.75, 3.05) is 19.6 Å². The lowest BCUT2D eigenvalue weighted by atomic mass is 10.0. The second kappa shape index (κ2) is 6.31. The summed E-state index contributed by atoms with van der Waals surface area (Å²) >= 11 is 0. The molecule has 1 aromatic rings. The Hall–Kier alpha value is -0.800. The van der Waals surface area contributed by atoms with E-state index >= 15 is 0 Å². The molecule has 3 rings (SSSR count). The molecule has 0 radical (unpaired) electrons. The molecular formula is C17H28N2O. The Bertz CT molecular complexity index is 414. The molecule has 2 heterocycles. The van der Waals surface area contributed by atoms with Crippen LogP contribution in [0.15, 0.2) is 16.7 Å². The highest BCUT2D eigenvalue weighted by Crippen LogP contribution is 2.38. The summed E-state index contributed by atoms with van der Waals surface area (Å²) in [4.78, 5) is 2.60. The molecule has 0 bridgehead atoms. The topological polar surface area (TPSA) is 28.4 Å². The molecule has 1 aliphatic heterocycles. The van der Waals surface area contributed by atoms with Gasteiger partial charge in [0.05, 0.1) is 12.8 Å². The summed E-state index contributed by atoms with van der Waals surface area (Å²) in [5, 5.41) is 3.51. The zero-order valence-electron chi connectivity index (χ0n) is 12.9. The third kappa shape index (κ3) is 3.26. The van der Waals surface area contributed by atoms with Gasteiger partial charge in [-0.2, -0.15) is 0 Å². The van der Waals surface area contributed by atoms with Gasteiger partial charge < -0.3 is 9.73 Å². The lowest BCUT2D eigenvalue weighted by Gasteiger charge is -2.16. The number of nitrogens with zero attached hydrogens (tertiary/aromatic N) is 1. The maximum absolute atomic E-state index is 5.72. The molecule has 2 atom stereocenters. The lowest BCUT2D eigenvalue weighted by Crippen LogP contribution is -2.23. The molecule has 20 heavy (non-hydrogen) atoms. The van der Waals surface area contributed by atoms with Crippen LogP contribution in [0, 0.1) is 17.8 Å². The number of nitrogens with one attached hydrogen (secondary N) is 1. The highest BCUT2D eigenvalue weighted by Gasteiger charge is 2.36. The summed E-state index contributed by atoms with van der Waals surface area (Å²) in [5.41, 5.74) is 1.34. The molecule has 3 nitrogen and oxygen atoms in total. The van der Waals surface area contributed by atoms with Gasteiger partial charge >= 0.3 is 0 Å². The summed E-state index contributed by atoms with van der Waals surface area (Å²) in [6.07, 6.45) is 6.19. The number of hydrogen-bond donors (Lipinski definition) is 1. The lowest BCUT2D eigenvalue weighted by molar-refractivity contribution is 0.274. The maximum Gasteiger partial charge on any atom is 0.122 e. The first-order valence-corrected chi connectivity index (χ1v) is 8.20. The van der Waals surface area contributed by atoms with E-state index in [4.69, 9.17) is 4.42 Å². The van der Waals surface area contributed by atoms with Crippen LogP contribution < -0.4 is 5.32 Å². The van der Waals surface area contributed by atoms with Crippen LogP contribution in [-0.4, -0.2) is 24.5 Å². The average molecular weight is 276 g/mol. The van der Waals surface area contributed by atoms with Crippen molar-refractivity contribution < 1.29 is 4.42 Å². The van der Waals surface area contributed by atoms with Crippen molar-refractivity contribution in [1.29, 1.82) is 0 Å². The van der Waals surface area contributed by atoms with Gasteiger partial charge in [-0.3, -0.25) is 4.90 Å². The van der Waals surface area contributed by atoms with Gasteiger partial charge in [0, 0.05) is 25.2 Å². The maximum atomic E-state index is 5.72. The van der Waals surface area contributed by atoms with Gasteiger partial charge in [0.15, 0.2) is 0 Å². The molecular weight excluding hydrogens is 248 g/mol. The van der Waals surface area contributed by atoms with E-state index in [2.05, 4.69) is 30.1 Å². The normalized spacial score (nSPS) is 26.6. The molecule has 0 aromatic carbocycles. The Kier molecular flexibility index (Phi) is 4.47. The molecule has 2 aliphatic rings. The van der Waals surface area contributed by atoms with Crippen LogP contribution >= 0.6 is 0 Å². The Labute approximate surface area is 122 Å². The second-order valence-electron chi connectivity index (χ2n) is 7.04. The van der Waals surface area contributed by atoms with Gasteiger partial charge in [0.25, 0.3) is 0 Å². The monoisotopic (exact) mass is 276 g/mol. The molecule has 2 unspecified atom stereocenters. The van der Waals surface area contributed by atoms with E-state index < -0.39 is 0 Å². The van der Waals surface area contributed by atoms with Gasteiger partial charge in [-0.1, -0.05) is 20.3 Å². The number of furan rings is 1. The van der Waals surface area contributed by atoms with Crippen molar-refractivity contribution in [3.05, 3.63) is 23.7 Å². The van der Waals surface area contributed by atoms with Crippen molar-refractivity contribution >= 4 is 0 Å². The molecule has 1 saturated carbocycles.